The Kier molecular flexibility index (Phi) is 3.33. The van der Waals surface area contributed by atoms with Crippen molar-refractivity contribution in [2.75, 3.05) is 11.9 Å². The monoisotopic (exact) mass is 204 g/mol. The van der Waals surface area contributed by atoms with Gasteiger partial charge in [-0.3, -0.25) is 0 Å². The Morgan fingerprint density at radius 3 is 2.67 bits per heavy atom. The van der Waals surface area contributed by atoms with E-state index < -0.39 is 5.60 Å². The molecule has 0 unspecified atom stereocenters. The van der Waals surface area contributed by atoms with Gasteiger partial charge in [-0.2, -0.15) is 5.26 Å². The van der Waals surface area contributed by atoms with E-state index in [9.17, 15) is 5.11 Å². The van der Waals surface area contributed by atoms with Crippen LogP contribution in [0.4, 0.5) is 5.69 Å². The molecule has 2 N–H and O–H groups in total. The number of anilines is 1. The third-order valence-electron chi connectivity index (χ3n) is 2.01. The highest BCUT2D eigenvalue weighted by molar-refractivity contribution is 5.58. The number of rotatable bonds is 3. The third-order valence-corrected chi connectivity index (χ3v) is 2.01. The fourth-order valence-corrected chi connectivity index (χ4v) is 1.21. The summed E-state index contributed by atoms with van der Waals surface area (Å²) in [5, 5.41) is 21.5. The predicted octanol–water partition coefficient (Wildman–Crippen LogP) is 2.05. The first-order valence-electron chi connectivity index (χ1n) is 4.89. The summed E-state index contributed by atoms with van der Waals surface area (Å²) in [7, 11) is 0. The molecule has 0 radical (unpaired) electrons. The first-order chi connectivity index (χ1) is 6.92. The molecule has 3 heteroatoms. The maximum Gasteiger partial charge on any atom is 0.101 e. The highest BCUT2D eigenvalue weighted by atomic mass is 16.3. The molecule has 0 heterocycles. The molecular weight excluding hydrogens is 188 g/mol. The van der Waals surface area contributed by atoms with Crippen LogP contribution in [0.2, 0.25) is 0 Å². The molecule has 0 fully saturated rings. The maximum absolute atomic E-state index is 9.57. The van der Waals surface area contributed by atoms with Gasteiger partial charge in [-0.25, -0.2) is 0 Å². The fraction of sp³-hybridized carbons (Fsp3) is 0.417. The van der Waals surface area contributed by atoms with E-state index in [0.29, 0.717) is 12.1 Å². The van der Waals surface area contributed by atoms with E-state index in [0.717, 1.165) is 11.3 Å². The minimum Gasteiger partial charge on any atom is -0.389 e. The Morgan fingerprint density at radius 1 is 1.47 bits per heavy atom. The van der Waals surface area contributed by atoms with Crippen molar-refractivity contribution in [2.45, 2.75) is 26.4 Å². The summed E-state index contributed by atoms with van der Waals surface area (Å²) in [5.74, 6) is 0. The van der Waals surface area contributed by atoms with E-state index in [4.69, 9.17) is 5.26 Å². The second-order valence-corrected chi connectivity index (χ2v) is 4.33. The molecule has 1 aromatic carbocycles. The average Bonchev–Trinajstić information content (AvgIpc) is 2.14. The van der Waals surface area contributed by atoms with Crippen LogP contribution in [0.1, 0.15) is 25.0 Å². The number of hydrogen-bond acceptors (Lipinski definition) is 3. The lowest BCUT2D eigenvalue weighted by Gasteiger charge is -2.19. The molecule has 0 saturated heterocycles. The zero-order chi connectivity index (χ0) is 11.5. The van der Waals surface area contributed by atoms with Gasteiger partial charge < -0.3 is 10.4 Å². The molecule has 0 aliphatic rings. The van der Waals surface area contributed by atoms with Crippen LogP contribution < -0.4 is 5.32 Å². The topological polar surface area (TPSA) is 56.0 Å². The van der Waals surface area contributed by atoms with Gasteiger partial charge in [0.1, 0.15) is 6.07 Å². The summed E-state index contributed by atoms with van der Waals surface area (Å²) in [4.78, 5) is 0. The number of aryl methyl sites for hydroxylation is 1. The van der Waals surface area contributed by atoms with E-state index in [1.165, 1.54) is 0 Å². The number of aliphatic hydroxyl groups is 1. The smallest absolute Gasteiger partial charge is 0.101 e. The van der Waals surface area contributed by atoms with Gasteiger partial charge in [0.05, 0.1) is 16.9 Å². The molecular formula is C12H16N2O. The zero-order valence-electron chi connectivity index (χ0n) is 9.33. The van der Waals surface area contributed by atoms with Crippen LogP contribution in [-0.2, 0) is 0 Å². The number of benzene rings is 1. The molecule has 0 aliphatic carbocycles. The van der Waals surface area contributed by atoms with Crippen LogP contribution in [0, 0.1) is 18.3 Å². The van der Waals surface area contributed by atoms with Gasteiger partial charge in [0.15, 0.2) is 0 Å². The molecule has 3 nitrogen and oxygen atoms in total. The molecule has 80 valence electrons. The van der Waals surface area contributed by atoms with Crippen molar-refractivity contribution < 1.29 is 5.11 Å². The SMILES string of the molecule is Cc1ccc(C#N)c(NCC(C)(C)O)c1. The molecule has 0 spiro atoms. The van der Waals surface area contributed by atoms with Crippen LogP contribution in [0.5, 0.6) is 0 Å². The highest BCUT2D eigenvalue weighted by Gasteiger charge is 2.12. The second-order valence-electron chi connectivity index (χ2n) is 4.33. The Bertz CT molecular complexity index is 386. The Labute approximate surface area is 90.4 Å². The standard InChI is InChI=1S/C12H16N2O/c1-9-4-5-10(7-13)11(6-9)14-8-12(2,3)15/h4-6,14-15H,8H2,1-3H3. The minimum absolute atomic E-state index is 0.422. The summed E-state index contributed by atoms with van der Waals surface area (Å²) in [6, 6.07) is 7.70. The largest absolute Gasteiger partial charge is 0.389 e. The van der Waals surface area contributed by atoms with Gasteiger partial charge >= 0.3 is 0 Å². The summed E-state index contributed by atoms with van der Waals surface area (Å²) < 4.78 is 0. The van der Waals surface area contributed by atoms with Crippen LogP contribution >= 0.6 is 0 Å². The van der Waals surface area contributed by atoms with E-state index >= 15 is 0 Å². The summed E-state index contributed by atoms with van der Waals surface area (Å²) in [5.41, 5.74) is 1.69. The molecule has 1 rings (SSSR count). The first-order valence-corrected chi connectivity index (χ1v) is 4.89. The van der Waals surface area contributed by atoms with Crippen molar-refractivity contribution in [1.82, 2.24) is 0 Å². The Balaban J connectivity index is 2.85. The molecule has 1 aromatic rings. The lowest BCUT2D eigenvalue weighted by molar-refractivity contribution is 0.0945. The average molecular weight is 204 g/mol. The third kappa shape index (κ3) is 3.61. The summed E-state index contributed by atoms with van der Waals surface area (Å²) >= 11 is 0. The van der Waals surface area contributed by atoms with Crippen molar-refractivity contribution in [3.63, 3.8) is 0 Å². The van der Waals surface area contributed by atoms with Crippen LogP contribution in [-0.4, -0.2) is 17.3 Å². The number of nitriles is 1. The van der Waals surface area contributed by atoms with E-state index in [1.807, 2.05) is 19.1 Å². The number of nitrogens with zero attached hydrogens (tertiary/aromatic N) is 1. The lowest BCUT2D eigenvalue weighted by atomic mass is 10.1. The van der Waals surface area contributed by atoms with Crippen LogP contribution in [0.3, 0.4) is 0 Å². The van der Waals surface area contributed by atoms with E-state index in [2.05, 4.69) is 11.4 Å². The van der Waals surface area contributed by atoms with Crippen LogP contribution in [0.15, 0.2) is 18.2 Å². The van der Waals surface area contributed by atoms with Gasteiger partial charge in [0, 0.05) is 6.54 Å². The summed E-state index contributed by atoms with van der Waals surface area (Å²) in [6.07, 6.45) is 0. The minimum atomic E-state index is -0.781. The summed E-state index contributed by atoms with van der Waals surface area (Å²) in [6.45, 7) is 5.84. The molecule has 0 amide bonds. The predicted molar refractivity (Wildman–Crippen MR) is 60.7 cm³/mol. The van der Waals surface area contributed by atoms with E-state index in [-0.39, 0.29) is 0 Å². The quantitative estimate of drug-likeness (QED) is 0.792. The number of nitrogens with one attached hydrogen (secondary N) is 1. The number of hydrogen-bond donors (Lipinski definition) is 2. The van der Waals surface area contributed by atoms with Crippen LogP contribution in [0.25, 0.3) is 0 Å². The van der Waals surface area contributed by atoms with Gasteiger partial charge in [-0.1, -0.05) is 6.07 Å². The molecule has 0 aliphatic heterocycles. The lowest BCUT2D eigenvalue weighted by Crippen LogP contribution is -2.29. The second kappa shape index (κ2) is 4.33. The Hall–Kier alpha value is -1.53. The van der Waals surface area contributed by atoms with Gasteiger partial charge in [0.25, 0.3) is 0 Å². The normalized spacial score (nSPS) is 10.9. The zero-order valence-corrected chi connectivity index (χ0v) is 9.33. The fourth-order valence-electron chi connectivity index (χ4n) is 1.21. The molecule has 15 heavy (non-hydrogen) atoms. The molecule has 0 atom stereocenters. The van der Waals surface area contributed by atoms with Crippen molar-refractivity contribution >= 4 is 5.69 Å². The molecule has 0 bridgehead atoms. The molecule has 0 aromatic heterocycles. The Morgan fingerprint density at radius 2 is 2.13 bits per heavy atom. The molecule has 0 saturated carbocycles. The van der Waals surface area contributed by atoms with Gasteiger partial charge in [0.2, 0.25) is 0 Å². The maximum atomic E-state index is 9.57. The van der Waals surface area contributed by atoms with Crippen molar-refractivity contribution in [2.24, 2.45) is 0 Å². The first kappa shape index (κ1) is 11.5. The van der Waals surface area contributed by atoms with Gasteiger partial charge in [-0.05, 0) is 38.5 Å². The van der Waals surface area contributed by atoms with Crippen molar-refractivity contribution in [3.05, 3.63) is 29.3 Å². The van der Waals surface area contributed by atoms with Gasteiger partial charge in [-0.15, -0.1) is 0 Å². The highest BCUT2D eigenvalue weighted by Crippen LogP contribution is 2.17. The van der Waals surface area contributed by atoms with Crippen molar-refractivity contribution in [1.29, 1.82) is 5.26 Å². The van der Waals surface area contributed by atoms with Crippen molar-refractivity contribution in [3.8, 4) is 6.07 Å². The van der Waals surface area contributed by atoms with E-state index in [1.54, 1.807) is 19.9 Å².